The van der Waals surface area contributed by atoms with Gasteiger partial charge in [-0.2, -0.15) is 5.26 Å². The van der Waals surface area contributed by atoms with E-state index < -0.39 is 6.04 Å². The highest BCUT2D eigenvalue weighted by Crippen LogP contribution is 2.22. The van der Waals surface area contributed by atoms with E-state index in [2.05, 4.69) is 21.7 Å². The van der Waals surface area contributed by atoms with Crippen LogP contribution in [0.3, 0.4) is 0 Å². The molecule has 0 aliphatic heterocycles. The van der Waals surface area contributed by atoms with E-state index in [-0.39, 0.29) is 12.5 Å². The summed E-state index contributed by atoms with van der Waals surface area (Å²) in [7, 11) is 1.88. The molecule has 0 saturated heterocycles. The van der Waals surface area contributed by atoms with E-state index in [1.54, 1.807) is 42.6 Å². The lowest BCUT2D eigenvalue weighted by Gasteiger charge is -2.19. The molecule has 0 aliphatic carbocycles. The van der Waals surface area contributed by atoms with E-state index in [4.69, 9.17) is 16.9 Å². The largest absolute Gasteiger partial charge is 0.376 e. The highest BCUT2D eigenvalue weighted by molar-refractivity contribution is 6.30. The maximum atomic E-state index is 12.5. The molecule has 1 unspecified atom stereocenters. The van der Waals surface area contributed by atoms with Gasteiger partial charge in [0.05, 0.1) is 18.2 Å². The number of nitriles is 1. The van der Waals surface area contributed by atoms with Crippen LogP contribution in [-0.4, -0.2) is 22.0 Å². The number of rotatable bonds is 6. The van der Waals surface area contributed by atoms with Crippen LogP contribution in [-0.2, 0) is 11.8 Å². The molecule has 6 nitrogen and oxygen atoms in total. The molecule has 1 atom stereocenters. The molecule has 0 aliphatic rings. The Morgan fingerprint density at radius 3 is 2.52 bits per heavy atom. The average molecular weight is 380 g/mol. The first-order valence-corrected chi connectivity index (χ1v) is 8.70. The number of aryl methyl sites for hydroxylation is 1. The van der Waals surface area contributed by atoms with Crippen molar-refractivity contribution in [2.45, 2.75) is 6.04 Å². The van der Waals surface area contributed by atoms with Gasteiger partial charge in [0.25, 0.3) is 0 Å². The van der Waals surface area contributed by atoms with Crippen LogP contribution in [0.5, 0.6) is 0 Å². The zero-order chi connectivity index (χ0) is 19.2. The Bertz CT molecular complexity index is 957. The summed E-state index contributed by atoms with van der Waals surface area (Å²) in [6.07, 6.45) is 3.53. The van der Waals surface area contributed by atoms with Crippen LogP contribution < -0.4 is 10.6 Å². The summed E-state index contributed by atoms with van der Waals surface area (Å²) in [5, 5.41) is 15.5. The van der Waals surface area contributed by atoms with E-state index in [9.17, 15) is 4.79 Å². The molecule has 0 fully saturated rings. The smallest absolute Gasteiger partial charge is 0.240 e. The lowest BCUT2D eigenvalue weighted by molar-refractivity contribution is -0.119. The van der Waals surface area contributed by atoms with Crippen molar-refractivity contribution >= 4 is 23.2 Å². The summed E-state index contributed by atoms with van der Waals surface area (Å²) in [5.74, 6) is 0.548. The molecule has 3 aromatic rings. The Hall–Kier alpha value is -3.30. The van der Waals surface area contributed by atoms with Gasteiger partial charge in [0.15, 0.2) is 0 Å². The summed E-state index contributed by atoms with van der Waals surface area (Å²) >= 11 is 5.98. The van der Waals surface area contributed by atoms with Gasteiger partial charge in [-0.3, -0.25) is 4.79 Å². The quantitative estimate of drug-likeness (QED) is 0.688. The van der Waals surface area contributed by atoms with Crippen molar-refractivity contribution in [3.8, 4) is 6.07 Å². The molecule has 0 radical (unpaired) electrons. The lowest BCUT2D eigenvalue weighted by Crippen LogP contribution is -2.35. The van der Waals surface area contributed by atoms with Gasteiger partial charge in [0.2, 0.25) is 5.91 Å². The molecule has 1 aromatic heterocycles. The number of amides is 1. The Balaban J connectivity index is 1.71. The van der Waals surface area contributed by atoms with E-state index >= 15 is 0 Å². The highest BCUT2D eigenvalue weighted by atomic mass is 35.5. The van der Waals surface area contributed by atoms with Crippen molar-refractivity contribution in [1.29, 1.82) is 5.26 Å². The Morgan fingerprint density at radius 1 is 1.22 bits per heavy atom. The van der Waals surface area contributed by atoms with Gasteiger partial charge >= 0.3 is 0 Å². The van der Waals surface area contributed by atoms with Gasteiger partial charge < -0.3 is 15.2 Å². The zero-order valence-corrected chi connectivity index (χ0v) is 15.4. The first kappa shape index (κ1) is 18.5. The van der Waals surface area contributed by atoms with Crippen LogP contribution in [0.25, 0.3) is 0 Å². The summed E-state index contributed by atoms with van der Waals surface area (Å²) in [6, 6.07) is 15.9. The molecular weight excluding hydrogens is 362 g/mol. The van der Waals surface area contributed by atoms with Crippen molar-refractivity contribution in [1.82, 2.24) is 14.9 Å². The van der Waals surface area contributed by atoms with Gasteiger partial charge in [-0.25, -0.2) is 4.98 Å². The Labute approximate surface area is 162 Å². The number of aromatic nitrogens is 2. The second-order valence-corrected chi connectivity index (χ2v) is 6.43. The second-order valence-electron chi connectivity index (χ2n) is 5.99. The number of hydrogen-bond acceptors (Lipinski definition) is 4. The number of halogens is 1. The van der Waals surface area contributed by atoms with Crippen molar-refractivity contribution in [2.75, 3.05) is 11.9 Å². The Kier molecular flexibility index (Phi) is 5.74. The second kappa shape index (κ2) is 8.39. The number of benzene rings is 2. The minimum atomic E-state index is -0.391. The first-order chi connectivity index (χ1) is 13.1. The number of nitrogens with one attached hydrogen (secondary N) is 2. The Morgan fingerprint density at radius 2 is 1.93 bits per heavy atom. The summed E-state index contributed by atoms with van der Waals surface area (Å²) in [6.45, 7) is 0.0976. The van der Waals surface area contributed by atoms with E-state index in [0.29, 0.717) is 10.6 Å². The van der Waals surface area contributed by atoms with Crippen LogP contribution in [0.1, 0.15) is 23.0 Å². The molecule has 2 aromatic carbocycles. The van der Waals surface area contributed by atoms with Gasteiger partial charge in [-0.15, -0.1) is 0 Å². The molecule has 0 bridgehead atoms. The SMILES string of the molecule is Cn1ccnc1C(NC(=O)CNc1ccc(C#N)cc1)c1ccc(Cl)cc1. The minimum Gasteiger partial charge on any atom is -0.376 e. The molecule has 0 saturated carbocycles. The molecule has 3 rings (SSSR count). The molecule has 7 heteroatoms. The van der Waals surface area contributed by atoms with Gasteiger partial charge in [0, 0.05) is 30.2 Å². The number of carbonyl (C=O) groups is 1. The van der Waals surface area contributed by atoms with Crippen LogP contribution in [0.2, 0.25) is 5.02 Å². The predicted molar refractivity (Wildman–Crippen MR) is 104 cm³/mol. The molecule has 27 heavy (non-hydrogen) atoms. The molecule has 2 N–H and O–H groups in total. The fourth-order valence-corrected chi connectivity index (χ4v) is 2.79. The number of carbonyl (C=O) groups excluding carboxylic acids is 1. The fraction of sp³-hybridized carbons (Fsp3) is 0.150. The monoisotopic (exact) mass is 379 g/mol. The molecule has 0 spiro atoms. The van der Waals surface area contributed by atoms with Crippen molar-refractivity contribution < 1.29 is 4.79 Å². The third-order valence-corrected chi connectivity index (χ3v) is 4.34. The maximum absolute atomic E-state index is 12.5. The van der Waals surface area contributed by atoms with Crippen molar-refractivity contribution in [2.24, 2.45) is 7.05 Å². The van der Waals surface area contributed by atoms with Crippen molar-refractivity contribution in [3.05, 3.63) is 82.9 Å². The van der Waals surface area contributed by atoms with Crippen LogP contribution >= 0.6 is 11.6 Å². The standard InChI is InChI=1S/C20H18ClN5O/c1-26-11-10-23-20(26)19(15-4-6-16(21)7-5-15)25-18(27)13-24-17-8-2-14(12-22)3-9-17/h2-11,19,24H,13H2,1H3,(H,25,27). The third kappa shape index (κ3) is 4.66. The molecule has 1 amide bonds. The predicted octanol–water partition coefficient (Wildman–Crippen LogP) is 3.26. The normalized spacial score (nSPS) is 11.4. The van der Waals surface area contributed by atoms with E-state index in [1.807, 2.05) is 29.9 Å². The summed E-state index contributed by atoms with van der Waals surface area (Å²) in [5.41, 5.74) is 2.23. The van der Waals surface area contributed by atoms with Crippen LogP contribution in [0, 0.1) is 11.3 Å². The number of imidazole rings is 1. The number of hydrogen-bond donors (Lipinski definition) is 2. The number of nitrogens with zero attached hydrogens (tertiary/aromatic N) is 3. The first-order valence-electron chi connectivity index (χ1n) is 8.33. The summed E-state index contributed by atoms with van der Waals surface area (Å²) < 4.78 is 1.87. The van der Waals surface area contributed by atoms with Gasteiger partial charge in [-0.05, 0) is 42.0 Å². The van der Waals surface area contributed by atoms with Crippen LogP contribution in [0.4, 0.5) is 5.69 Å². The van der Waals surface area contributed by atoms with Crippen LogP contribution in [0.15, 0.2) is 60.9 Å². The highest BCUT2D eigenvalue weighted by Gasteiger charge is 2.20. The fourth-order valence-electron chi connectivity index (χ4n) is 2.66. The topological polar surface area (TPSA) is 82.7 Å². The van der Waals surface area contributed by atoms with E-state index in [0.717, 1.165) is 17.1 Å². The minimum absolute atomic E-state index is 0.0976. The maximum Gasteiger partial charge on any atom is 0.240 e. The molecular formula is C20H18ClN5O. The van der Waals surface area contributed by atoms with E-state index in [1.165, 1.54) is 0 Å². The molecule has 1 heterocycles. The zero-order valence-electron chi connectivity index (χ0n) is 14.7. The lowest BCUT2D eigenvalue weighted by atomic mass is 10.1. The number of anilines is 1. The van der Waals surface area contributed by atoms with Gasteiger partial charge in [0.1, 0.15) is 11.9 Å². The molecule has 136 valence electrons. The average Bonchev–Trinajstić information content (AvgIpc) is 3.11. The summed E-state index contributed by atoms with van der Waals surface area (Å²) in [4.78, 5) is 16.9. The van der Waals surface area contributed by atoms with Gasteiger partial charge in [-0.1, -0.05) is 23.7 Å². The van der Waals surface area contributed by atoms with Crippen molar-refractivity contribution in [3.63, 3.8) is 0 Å². The third-order valence-electron chi connectivity index (χ3n) is 4.09.